The van der Waals surface area contributed by atoms with E-state index in [0.29, 0.717) is 16.2 Å². The first kappa shape index (κ1) is 20.8. The van der Waals surface area contributed by atoms with Gasteiger partial charge in [0.15, 0.2) is 0 Å². The molecule has 1 heteroatoms. The Morgan fingerprint density at radius 3 is 2.28 bits per heavy atom. The Labute approximate surface area is 180 Å². The van der Waals surface area contributed by atoms with Gasteiger partial charge in [-0.3, -0.25) is 0 Å². The van der Waals surface area contributed by atoms with E-state index >= 15 is 0 Å². The monoisotopic (exact) mass is 400 g/mol. The van der Waals surface area contributed by atoms with Crippen molar-refractivity contribution in [1.29, 1.82) is 0 Å². The van der Waals surface area contributed by atoms with Crippen LogP contribution in [0.5, 0.6) is 0 Å². The molecule has 0 aliphatic heterocycles. The van der Waals surface area contributed by atoms with Crippen LogP contribution in [0.15, 0.2) is 0 Å². The fourth-order valence-electron chi connectivity index (χ4n) is 9.94. The van der Waals surface area contributed by atoms with E-state index in [1.54, 1.807) is 0 Å². The van der Waals surface area contributed by atoms with E-state index in [0.717, 1.165) is 54.3 Å². The van der Waals surface area contributed by atoms with Gasteiger partial charge >= 0.3 is 0 Å². The number of hydrogen-bond acceptors (Lipinski definition) is 1. The fraction of sp³-hybridized carbons (Fsp3) is 1.00. The molecule has 0 radical (unpaired) electrons. The van der Waals surface area contributed by atoms with Crippen molar-refractivity contribution < 1.29 is 5.11 Å². The lowest BCUT2D eigenvalue weighted by molar-refractivity contribution is -0.129. The topological polar surface area (TPSA) is 20.2 Å². The Bertz CT molecular complexity index is 624. The summed E-state index contributed by atoms with van der Waals surface area (Å²) in [5.41, 5.74) is 1.81. The molecule has 0 heterocycles. The summed E-state index contributed by atoms with van der Waals surface area (Å²) >= 11 is 0. The first-order chi connectivity index (χ1) is 13.6. The van der Waals surface area contributed by atoms with E-state index in [-0.39, 0.29) is 6.10 Å². The van der Waals surface area contributed by atoms with Crippen molar-refractivity contribution in [3.63, 3.8) is 0 Å². The molecule has 5 aliphatic carbocycles. The highest BCUT2D eigenvalue weighted by molar-refractivity contribution is 5.10. The van der Waals surface area contributed by atoms with Gasteiger partial charge in [0.1, 0.15) is 0 Å². The van der Waals surface area contributed by atoms with E-state index in [9.17, 15) is 5.11 Å². The summed E-state index contributed by atoms with van der Waals surface area (Å²) in [6.45, 7) is 12.9. The Kier molecular flexibility index (Phi) is 5.02. The van der Waals surface area contributed by atoms with E-state index in [1.807, 2.05) is 0 Å². The van der Waals surface area contributed by atoms with Crippen LogP contribution >= 0.6 is 0 Å². The molecule has 0 bridgehead atoms. The first-order valence-electron chi connectivity index (χ1n) is 13.3. The Balaban J connectivity index is 1.28. The number of hydrogen-bond donors (Lipinski definition) is 1. The highest BCUT2D eigenvalue weighted by atomic mass is 16.3. The van der Waals surface area contributed by atoms with Gasteiger partial charge in [-0.1, -0.05) is 41.0 Å². The average molecular weight is 401 g/mol. The lowest BCUT2D eigenvalue weighted by Crippen LogP contribution is -2.54. The molecule has 5 fully saturated rings. The maximum atomic E-state index is 10.3. The summed E-state index contributed by atoms with van der Waals surface area (Å²) in [7, 11) is 0. The van der Waals surface area contributed by atoms with Crippen molar-refractivity contribution >= 4 is 0 Å². The minimum Gasteiger partial charge on any atom is -0.393 e. The minimum absolute atomic E-state index is 0.00774. The molecule has 166 valence electrons. The third-order valence-corrected chi connectivity index (χ3v) is 12.1. The van der Waals surface area contributed by atoms with E-state index < -0.39 is 0 Å². The standard InChI is InChI=1S/C28H48O/c1-18(6-7-20-17-26(20,2)3)23-10-11-24-22-9-8-19-16-21(29)12-14-27(19,4)25(22)13-15-28(23,24)5/h18-25,29H,6-17H2,1-5H3/t18?,19?,20?,21-,22-,23+,24?,25?,27-,28+/m0/s1. The van der Waals surface area contributed by atoms with Crippen LogP contribution in [0.25, 0.3) is 0 Å². The van der Waals surface area contributed by atoms with Gasteiger partial charge in [-0.05, 0) is 128 Å². The van der Waals surface area contributed by atoms with Gasteiger partial charge in [0, 0.05) is 0 Å². The van der Waals surface area contributed by atoms with Crippen molar-refractivity contribution in [3.05, 3.63) is 0 Å². The molecule has 1 nitrogen and oxygen atoms in total. The summed E-state index contributed by atoms with van der Waals surface area (Å²) in [6, 6.07) is 0. The predicted molar refractivity (Wildman–Crippen MR) is 122 cm³/mol. The summed E-state index contributed by atoms with van der Waals surface area (Å²) in [5.74, 6) is 6.66. The Morgan fingerprint density at radius 2 is 1.55 bits per heavy atom. The van der Waals surface area contributed by atoms with Crippen LogP contribution in [-0.4, -0.2) is 11.2 Å². The van der Waals surface area contributed by atoms with Crippen molar-refractivity contribution in [3.8, 4) is 0 Å². The van der Waals surface area contributed by atoms with E-state index in [1.165, 1.54) is 64.2 Å². The minimum atomic E-state index is -0.00774. The highest BCUT2D eigenvalue weighted by Crippen LogP contribution is 2.68. The molecule has 0 aromatic rings. The molecule has 0 aromatic carbocycles. The second-order valence-electron chi connectivity index (χ2n) is 13.8. The SMILES string of the molecule is CC(CCC1CC1(C)C)[C@H]1CCC2[C@@H]3CCC4C[C@@H](O)CC[C@]4(C)C3CC[C@@]21C. The molecule has 29 heavy (non-hydrogen) atoms. The molecule has 0 saturated heterocycles. The average Bonchev–Trinajstić information content (AvgIpc) is 3.11. The van der Waals surface area contributed by atoms with E-state index in [2.05, 4.69) is 34.6 Å². The van der Waals surface area contributed by atoms with Crippen LogP contribution in [-0.2, 0) is 0 Å². The molecule has 5 saturated carbocycles. The Morgan fingerprint density at radius 1 is 0.862 bits per heavy atom. The van der Waals surface area contributed by atoms with Crippen molar-refractivity contribution in [2.75, 3.05) is 0 Å². The second kappa shape index (κ2) is 6.98. The van der Waals surface area contributed by atoms with E-state index in [4.69, 9.17) is 0 Å². The number of fused-ring (bicyclic) bond motifs is 5. The smallest absolute Gasteiger partial charge is 0.0543 e. The summed E-state index contributed by atoms with van der Waals surface area (Å²) < 4.78 is 0. The van der Waals surface area contributed by atoms with Crippen LogP contribution in [0.4, 0.5) is 0 Å². The molecule has 10 atom stereocenters. The molecule has 1 N–H and O–H groups in total. The summed E-state index contributed by atoms with van der Waals surface area (Å²) in [4.78, 5) is 0. The molecule has 0 spiro atoms. The van der Waals surface area contributed by atoms with Gasteiger partial charge in [-0.25, -0.2) is 0 Å². The zero-order valence-electron chi connectivity index (χ0n) is 20.1. The van der Waals surface area contributed by atoms with Gasteiger partial charge in [-0.2, -0.15) is 0 Å². The number of rotatable bonds is 4. The van der Waals surface area contributed by atoms with Gasteiger partial charge in [-0.15, -0.1) is 0 Å². The number of aliphatic hydroxyl groups is 1. The zero-order valence-corrected chi connectivity index (χ0v) is 20.1. The van der Waals surface area contributed by atoms with Crippen LogP contribution in [0.2, 0.25) is 0 Å². The molecule has 0 amide bonds. The Hall–Kier alpha value is -0.0400. The third kappa shape index (κ3) is 3.27. The van der Waals surface area contributed by atoms with Gasteiger partial charge in [0.2, 0.25) is 0 Å². The summed E-state index contributed by atoms with van der Waals surface area (Å²) in [5, 5.41) is 10.3. The highest BCUT2D eigenvalue weighted by Gasteiger charge is 2.60. The van der Waals surface area contributed by atoms with Crippen molar-refractivity contribution in [1.82, 2.24) is 0 Å². The maximum Gasteiger partial charge on any atom is 0.0543 e. The van der Waals surface area contributed by atoms with Crippen molar-refractivity contribution in [2.24, 2.45) is 57.7 Å². The van der Waals surface area contributed by atoms with Gasteiger partial charge in [0.25, 0.3) is 0 Å². The lowest BCUT2D eigenvalue weighted by atomic mass is 9.44. The molecule has 5 unspecified atom stereocenters. The predicted octanol–water partition coefficient (Wildman–Crippen LogP) is 7.47. The van der Waals surface area contributed by atoms with Crippen LogP contribution < -0.4 is 0 Å². The third-order valence-electron chi connectivity index (χ3n) is 12.1. The normalized spacial score (nSPS) is 54.2. The van der Waals surface area contributed by atoms with Crippen LogP contribution in [0, 0.1) is 57.7 Å². The quantitative estimate of drug-likeness (QED) is 0.519. The second-order valence-corrected chi connectivity index (χ2v) is 13.8. The fourth-order valence-corrected chi connectivity index (χ4v) is 9.94. The maximum absolute atomic E-state index is 10.3. The molecular formula is C28H48O. The summed E-state index contributed by atoms with van der Waals surface area (Å²) in [6.07, 6.45) is 16.8. The first-order valence-corrected chi connectivity index (χ1v) is 13.3. The molecular weight excluding hydrogens is 352 g/mol. The van der Waals surface area contributed by atoms with Gasteiger partial charge in [0.05, 0.1) is 6.10 Å². The lowest BCUT2D eigenvalue weighted by Gasteiger charge is -2.61. The van der Waals surface area contributed by atoms with Gasteiger partial charge < -0.3 is 5.11 Å². The molecule has 0 aromatic heterocycles. The van der Waals surface area contributed by atoms with Crippen LogP contribution in [0.3, 0.4) is 0 Å². The van der Waals surface area contributed by atoms with Crippen LogP contribution in [0.1, 0.15) is 112 Å². The number of aliphatic hydroxyl groups excluding tert-OH is 1. The molecule has 5 aliphatic rings. The van der Waals surface area contributed by atoms with Crippen molar-refractivity contribution in [2.45, 2.75) is 118 Å². The molecule has 5 rings (SSSR count). The largest absolute Gasteiger partial charge is 0.393 e. The zero-order chi connectivity index (χ0) is 20.6.